The van der Waals surface area contributed by atoms with Gasteiger partial charge in [0.05, 0.1) is 11.9 Å². The maximum Gasteiger partial charge on any atom is 0.232 e. The van der Waals surface area contributed by atoms with Crippen LogP contribution in [-0.4, -0.2) is 33.7 Å². The van der Waals surface area contributed by atoms with Crippen molar-refractivity contribution in [3.63, 3.8) is 0 Å². The number of carbonyl (C=O) groups is 1. The summed E-state index contributed by atoms with van der Waals surface area (Å²) in [4.78, 5) is 11.9. The van der Waals surface area contributed by atoms with Crippen LogP contribution in [-0.2, 0) is 21.2 Å². The van der Waals surface area contributed by atoms with E-state index < -0.39 is 15.8 Å². The van der Waals surface area contributed by atoms with Crippen molar-refractivity contribution >= 4 is 21.6 Å². The van der Waals surface area contributed by atoms with Gasteiger partial charge in [-0.25, -0.2) is 17.2 Å². The van der Waals surface area contributed by atoms with E-state index in [0.717, 1.165) is 16.1 Å². The molecule has 2 aromatic rings. The quantitative estimate of drug-likeness (QED) is 0.709. The highest BCUT2D eigenvalue weighted by molar-refractivity contribution is 7.92. The molecular weight excluding hydrogens is 374 g/mol. The molecule has 1 N–H and O–H groups in total. The molecule has 0 aromatic heterocycles. The lowest BCUT2D eigenvalue weighted by Gasteiger charge is -2.22. The molecule has 0 unspecified atom stereocenters. The van der Waals surface area contributed by atoms with Gasteiger partial charge < -0.3 is 5.32 Å². The molecule has 0 saturated carbocycles. The summed E-state index contributed by atoms with van der Waals surface area (Å²) >= 11 is 0. The summed E-state index contributed by atoms with van der Waals surface area (Å²) in [5, 5.41) is 2.76. The van der Waals surface area contributed by atoms with Crippen LogP contribution in [0.15, 0.2) is 48.5 Å². The summed E-state index contributed by atoms with van der Waals surface area (Å²) in [6, 6.07) is 11.2. The van der Waals surface area contributed by atoms with E-state index in [1.807, 2.05) is 0 Å². The van der Waals surface area contributed by atoms with Crippen LogP contribution in [0.1, 0.15) is 18.4 Å². The van der Waals surface area contributed by atoms with Crippen LogP contribution in [0.4, 0.5) is 14.5 Å². The second-order valence-corrected chi connectivity index (χ2v) is 8.05. The molecule has 0 aliphatic rings. The minimum atomic E-state index is -3.54. The minimum Gasteiger partial charge on any atom is -0.356 e. The number of hydrogen-bond donors (Lipinski definition) is 1. The summed E-state index contributed by atoms with van der Waals surface area (Å²) in [5.74, 6) is -0.947. The van der Waals surface area contributed by atoms with E-state index in [4.69, 9.17) is 0 Å². The third-order valence-electron chi connectivity index (χ3n) is 3.93. The van der Waals surface area contributed by atoms with Gasteiger partial charge in [-0.3, -0.25) is 9.10 Å². The monoisotopic (exact) mass is 396 g/mol. The number of halogens is 2. The van der Waals surface area contributed by atoms with Gasteiger partial charge in [-0.15, -0.1) is 0 Å². The first-order valence-corrected chi connectivity index (χ1v) is 10.3. The van der Waals surface area contributed by atoms with Crippen molar-refractivity contribution in [2.24, 2.45) is 0 Å². The molecule has 0 heterocycles. The average Bonchev–Trinajstić information content (AvgIpc) is 2.60. The topological polar surface area (TPSA) is 66.5 Å². The summed E-state index contributed by atoms with van der Waals surface area (Å²) < 4.78 is 50.9. The summed E-state index contributed by atoms with van der Waals surface area (Å²) in [6.45, 7) is 0.536. The highest BCUT2D eigenvalue weighted by atomic mass is 32.2. The third kappa shape index (κ3) is 6.97. The molecule has 0 bridgehead atoms. The second kappa shape index (κ2) is 9.45. The van der Waals surface area contributed by atoms with E-state index in [2.05, 4.69) is 5.32 Å². The molecule has 0 aliphatic carbocycles. The number of nitrogens with zero attached hydrogens (tertiary/aromatic N) is 1. The maximum atomic E-state index is 13.0. The van der Waals surface area contributed by atoms with Gasteiger partial charge in [0.1, 0.15) is 11.6 Å². The minimum absolute atomic E-state index is 0.121. The number of rotatable bonds is 9. The molecule has 0 aliphatic heterocycles. The maximum absolute atomic E-state index is 13.0. The Morgan fingerprint density at radius 2 is 1.56 bits per heavy atom. The number of nitrogens with one attached hydrogen (secondary N) is 1. The van der Waals surface area contributed by atoms with Crippen LogP contribution >= 0.6 is 0 Å². The van der Waals surface area contributed by atoms with Crippen LogP contribution < -0.4 is 9.62 Å². The number of carbonyl (C=O) groups excluding carboxylic acids is 1. The molecule has 8 heteroatoms. The van der Waals surface area contributed by atoms with Crippen molar-refractivity contribution in [2.75, 3.05) is 23.7 Å². The molecule has 5 nitrogen and oxygen atoms in total. The summed E-state index contributed by atoms with van der Waals surface area (Å²) in [5.41, 5.74) is 1.27. The Balaban J connectivity index is 1.79. The molecule has 2 rings (SSSR count). The Labute approximate surface area is 158 Å². The van der Waals surface area contributed by atoms with E-state index in [9.17, 15) is 22.0 Å². The Hall–Kier alpha value is -2.48. The van der Waals surface area contributed by atoms with E-state index in [-0.39, 0.29) is 24.7 Å². The van der Waals surface area contributed by atoms with Gasteiger partial charge >= 0.3 is 0 Å². The van der Waals surface area contributed by atoms with Crippen LogP contribution in [0.3, 0.4) is 0 Å². The first-order chi connectivity index (χ1) is 12.8. The fourth-order valence-corrected chi connectivity index (χ4v) is 3.53. The normalized spacial score (nSPS) is 11.2. The summed E-state index contributed by atoms with van der Waals surface area (Å²) in [6.07, 6.45) is 2.14. The second-order valence-electron chi connectivity index (χ2n) is 6.14. The smallest absolute Gasteiger partial charge is 0.232 e. The van der Waals surface area contributed by atoms with Gasteiger partial charge in [0, 0.05) is 19.5 Å². The summed E-state index contributed by atoms with van der Waals surface area (Å²) in [7, 11) is -3.54. The molecule has 2 aromatic carbocycles. The predicted molar refractivity (Wildman–Crippen MR) is 101 cm³/mol. The van der Waals surface area contributed by atoms with Crippen molar-refractivity contribution in [2.45, 2.75) is 19.3 Å². The number of sulfonamides is 1. The van der Waals surface area contributed by atoms with Crippen LogP contribution in [0.5, 0.6) is 0 Å². The Bertz CT molecular complexity index is 854. The van der Waals surface area contributed by atoms with E-state index in [1.54, 1.807) is 12.1 Å². The highest BCUT2D eigenvalue weighted by Crippen LogP contribution is 2.18. The lowest BCUT2D eigenvalue weighted by Crippen LogP contribution is -2.32. The lowest BCUT2D eigenvalue weighted by atomic mass is 10.1. The first-order valence-electron chi connectivity index (χ1n) is 8.50. The zero-order chi connectivity index (χ0) is 19.9. The number of benzene rings is 2. The van der Waals surface area contributed by atoms with Gasteiger partial charge in [0.25, 0.3) is 0 Å². The Morgan fingerprint density at radius 1 is 1.00 bits per heavy atom. The molecule has 0 radical (unpaired) electrons. The zero-order valence-electron chi connectivity index (χ0n) is 15.0. The van der Waals surface area contributed by atoms with E-state index >= 15 is 0 Å². The average molecular weight is 396 g/mol. The molecule has 0 atom stereocenters. The predicted octanol–water partition coefficient (Wildman–Crippen LogP) is 2.87. The molecule has 0 saturated heterocycles. The highest BCUT2D eigenvalue weighted by Gasteiger charge is 2.17. The zero-order valence-corrected chi connectivity index (χ0v) is 15.8. The molecule has 1 amide bonds. The lowest BCUT2D eigenvalue weighted by molar-refractivity contribution is -0.121. The number of anilines is 1. The third-order valence-corrected chi connectivity index (χ3v) is 5.12. The van der Waals surface area contributed by atoms with Gasteiger partial charge in [0.15, 0.2) is 0 Å². The standard InChI is InChI=1S/C19H22F2N2O3S/c1-27(25,26)23(18-10-8-17(21)9-11-18)14-2-3-19(24)22-13-12-15-4-6-16(20)7-5-15/h4-11H,2-3,12-14H2,1H3,(H,22,24). The van der Waals surface area contributed by atoms with Crippen LogP contribution in [0.25, 0.3) is 0 Å². The fourth-order valence-electron chi connectivity index (χ4n) is 2.56. The van der Waals surface area contributed by atoms with Crippen LogP contribution in [0.2, 0.25) is 0 Å². The molecular formula is C19H22F2N2O3S. The van der Waals surface area contributed by atoms with Crippen molar-refractivity contribution in [1.29, 1.82) is 0 Å². The largest absolute Gasteiger partial charge is 0.356 e. The molecule has 0 spiro atoms. The Morgan fingerprint density at radius 3 is 2.11 bits per heavy atom. The first kappa shape index (κ1) is 20.8. The number of hydrogen-bond acceptors (Lipinski definition) is 3. The van der Waals surface area contributed by atoms with E-state index in [1.165, 1.54) is 36.4 Å². The van der Waals surface area contributed by atoms with Gasteiger partial charge in [-0.05, 0) is 54.8 Å². The van der Waals surface area contributed by atoms with Crippen molar-refractivity contribution in [3.05, 3.63) is 65.7 Å². The van der Waals surface area contributed by atoms with E-state index in [0.29, 0.717) is 25.1 Å². The molecule has 146 valence electrons. The SMILES string of the molecule is CS(=O)(=O)N(CCCC(=O)NCCc1ccc(F)cc1)c1ccc(F)cc1. The van der Waals surface area contributed by atoms with Crippen molar-refractivity contribution in [1.82, 2.24) is 5.32 Å². The number of amides is 1. The molecule has 0 fully saturated rings. The van der Waals surface area contributed by atoms with Gasteiger partial charge in [-0.1, -0.05) is 12.1 Å². The molecule has 27 heavy (non-hydrogen) atoms. The fraction of sp³-hybridized carbons (Fsp3) is 0.316. The van der Waals surface area contributed by atoms with Gasteiger partial charge in [0.2, 0.25) is 15.9 Å². The van der Waals surface area contributed by atoms with Gasteiger partial charge in [-0.2, -0.15) is 0 Å². The van der Waals surface area contributed by atoms with Crippen LogP contribution in [0, 0.1) is 11.6 Å². The van der Waals surface area contributed by atoms with Crippen molar-refractivity contribution in [3.8, 4) is 0 Å². The van der Waals surface area contributed by atoms with Crippen molar-refractivity contribution < 1.29 is 22.0 Å². The Kier molecular flexibility index (Phi) is 7.29.